The zero-order valence-corrected chi connectivity index (χ0v) is 19.7. The Labute approximate surface area is 192 Å². The highest BCUT2D eigenvalue weighted by atomic mass is 127. The molecule has 1 amide bonds. The van der Waals surface area contributed by atoms with Gasteiger partial charge in [-0.25, -0.2) is 9.38 Å². The van der Waals surface area contributed by atoms with Crippen molar-refractivity contribution in [2.75, 3.05) is 26.2 Å². The van der Waals surface area contributed by atoms with Gasteiger partial charge >= 0.3 is 0 Å². The molecule has 0 saturated heterocycles. The maximum absolute atomic E-state index is 12.9. The Morgan fingerprint density at radius 3 is 2.48 bits per heavy atom. The number of hydrogen-bond acceptors (Lipinski definition) is 4. The first kappa shape index (κ1) is 25.3. The Kier molecular flexibility index (Phi) is 11.1. The highest BCUT2D eigenvalue weighted by molar-refractivity contribution is 14.0. The number of benzene rings is 1. The van der Waals surface area contributed by atoms with E-state index in [-0.39, 0.29) is 48.7 Å². The van der Waals surface area contributed by atoms with E-state index in [1.165, 1.54) is 23.5 Å². The van der Waals surface area contributed by atoms with Crippen molar-refractivity contribution in [1.29, 1.82) is 0 Å². The van der Waals surface area contributed by atoms with Crippen LogP contribution in [0.4, 0.5) is 4.39 Å². The Morgan fingerprint density at radius 1 is 1.17 bits per heavy atom. The van der Waals surface area contributed by atoms with E-state index in [9.17, 15) is 14.3 Å². The van der Waals surface area contributed by atoms with Gasteiger partial charge in [0.2, 0.25) is 5.91 Å². The van der Waals surface area contributed by atoms with Crippen LogP contribution in [0.15, 0.2) is 46.1 Å². The summed E-state index contributed by atoms with van der Waals surface area (Å²) in [6.07, 6.45) is 0.206. The molecule has 1 aromatic carbocycles. The number of carbonyl (C=O) groups excluding carboxylic acids is 1. The van der Waals surface area contributed by atoms with Crippen LogP contribution in [-0.2, 0) is 16.8 Å². The number of nitrogens with zero attached hydrogens (tertiary/aromatic N) is 1. The van der Waals surface area contributed by atoms with Crippen LogP contribution in [0.25, 0.3) is 0 Å². The maximum Gasteiger partial charge on any atom is 0.224 e. The van der Waals surface area contributed by atoms with Gasteiger partial charge in [-0.15, -0.1) is 24.0 Å². The van der Waals surface area contributed by atoms with Gasteiger partial charge in [-0.05, 0) is 53.9 Å². The number of amides is 1. The minimum Gasteiger partial charge on any atom is -0.383 e. The van der Waals surface area contributed by atoms with Crippen LogP contribution in [0, 0.1) is 5.82 Å². The van der Waals surface area contributed by atoms with Crippen LogP contribution in [-0.4, -0.2) is 43.2 Å². The van der Waals surface area contributed by atoms with Gasteiger partial charge in [0.15, 0.2) is 5.96 Å². The summed E-state index contributed by atoms with van der Waals surface area (Å²) in [6, 6.07) is 7.77. The summed E-state index contributed by atoms with van der Waals surface area (Å²) in [6.45, 7) is 5.50. The first-order valence-electron chi connectivity index (χ1n) is 9.19. The molecule has 0 radical (unpaired) electrons. The van der Waals surface area contributed by atoms with Gasteiger partial charge in [0, 0.05) is 19.6 Å². The van der Waals surface area contributed by atoms with Crippen molar-refractivity contribution in [2.24, 2.45) is 4.99 Å². The molecule has 0 spiro atoms. The number of guanidine groups is 1. The Morgan fingerprint density at radius 2 is 1.86 bits per heavy atom. The second-order valence-corrected chi connectivity index (χ2v) is 7.34. The molecule has 0 fully saturated rings. The Bertz CT molecular complexity index is 767. The van der Waals surface area contributed by atoms with Crippen LogP contribution < -0.4 is 16.0 Å². The van der Waals surface area contributed by atoms with Crippen LogP contribution in [0.1, 0.15) is 25.0 Å². The molecule has 0 aliphatic heterocycles. The molecular weight excluding hydrogens is 506 g/mol. The van der Waals surface area contributed by atoms with Crippen LogP contribution in [0.2, 0.25) is 0 Å². The summed E-state index contributed by atoms with van der Waals surface area (Å²) < 4.78 is 12.9. The zero-order chi connectivity index (χ0) is 20.4. The summed E-state index contributed by atoms with van der Waals surface area (Å²) in [5, 5.41) is 23.4. The quantitative estimate of drug-likeness (QED) is 0.173. The molecule has 1 unspecified atom stereocenters. The standard InChI is InChI=1S/C20H27FN4O2S.HI/c1-3-22-19(25-14-20(2,27)16-8-11-28-13-16)24-10-9-23-18(26)12-15-4-6-17(21)7-5-15;/h4-8,11,13,27H,3,9-10,12,14H2,1-2H3,(H,23,26)(H2,22,24,25);1H. The van der Waals surface area contributed by atoms with E-state index in [1.807, 2.05) is 23.8 Å². The Balaban J connectivity index is 0.00000420. The van der Waals surface area contributed by atoms with Crippen LogP contribution >= 0.6 is 35.3 Å². The largest absolute Gasteiger partial charge is 0.383 e. The smallest absolute Gasteiger partial charge is 0.224 e. The maximum atomic E-state index is 12.9. The number of hydrogen-bond donors (Lipinski definition) is 4. The molecule has 1 atom stereocenters. The summed E-state index contributed by atoms with van der Waals surface area (Å²) in [5.41, 5.74) is 0.564. The molecular formula is C20H28FIN4O2S. The minimum atomic E-state index is -1.04. The molecule has 160 valence electrons. The highest BCUT2D eigenvalue weighted by Crippen LogP contribution is 2.23. The monoisotopic (exact) mass is 534 g/mol. The molecule has 9 heteroatoms. The lowest BCUT2D eigenvalue weighted by atomic mass is 10.00. The van der Waals surface area contributed by atoms with Crippen molar-refractivity contribution in [3.63, 3.8) is 0 Å². The summed E-state index contributed by atoms with van der Waals surface area (Å²) in [7, 11) is 0. The highest BCUT2D eigenvalue weighted by Gasteiger charge is 2.23. The molecule has 1 heterocycles. The molecule has 2 rings (SSSR count). The summed E-state index contributed by atoms with van der Waals surface area (Å²) in [5.74, 6) is 0.128. The topological polar surface area (TPSA) is 85.8 Å². The summed E-state index contributed by atoms with van der Waals surface area (Å²) >= 11 is 1.53. The first-order valence-corrected chi connectivity index (χ1v) is 10.1. The average Bonchev–Trinajstić information content (AvgIpc) is 3.21. The second kappa shape index (κ2) is 12.8. The second-order valence-electron chi connectivity index (χ2n) is 6.56. The number of nitrogens with one attached hydrogen (secondary N) is 3. The van der Waals surface area contributed by atoms with Crippen molar-refractivity contribution < 1.29 is 14.3 Å². The van der Waals surface area contributed by atoms with Gasteiger partial charge in [-0.2, -0.15) is 11.3 Å². The van der Waals surface area contributed by atoms with Gasteiger partial charge in [-0.3, -0.25) is 4.79 Å². The van der Waals surface area contributed by atoms with Crippen molar-refractivity contribution >= 4 is 47.2 Å². The van der Waals surface area contributed by atoms with Gasteiger partial charge < -0.3 is 21.1 Å². The lowest BCUT2D eigenvalue weighted by Crippen LogP contribution is -2.42. The first-order chi connectivity index (χ1) is 13.4. The van der Waals surface area contributed by atoms with Crippen molar-refractivity contribution in [3.8, 4) is 0 Å². The zero-order valence-electron chi connectivity index (χ0n) is 16.6. The molecule has 1 aromatic heterocycles. The predicted octanol–water partition coefficient (Wildman–Crippen LogP) is 2.63. The van der Waals surface area contributed by atoms with E-state index in [0.717, 1.165) is 11.1 Å². The minimum absolute atomic E-state index is 0. The molecule has 4 N–H and O–H groups in total. The van der Waals surface area contributed by atoms with Crippen molar-refractivity contribution in [2.45, 2.75) is 25.9 Å². The Hall–Kier alpha value is -1.72. The summed E-state index contributed by atoms with van der Waals surface area (Å²) in [4.78, 5) is 16.4. The van der Waals surface area contributed by atoms with Gasteiger partial charge in [0.1, 0.15) is 11.4 Å². The lowest BCUT2D eigenvalue weighted by Gasteiger charge is -2.21. The van der Waals surface area contributed by atoms with E-state index in [1.54, 1.807) is 19.1 Å². The average molecular weight is 534 g/mol. The fraction of sp³-hybridized carbons (Fsp3) is 0.400. The molecule has 29 heavy (non-hydrogen) atoms. The molecule has 0 aliphatic rings. The predicted molar refractivity (Wildman–Crippen MR) is 126 cm³/mol. The van der Waals surface area contributed by atoms with Crippen LogP contribution in [0.5, 0.6) is 0 Å². The van der Waals surface area contributed by atoms with Gasteiger partial charge in [0.25, 0.3) is 0 Å². The van der Waals surface area contributed by atoms with Gasteiger partial charge in [0.05, 0.1) is 13.0 Å². The number of aliphatic imine (C=N–C) groups is 1. The van der Waals surface area contributed by atoms with E-state index >= 15 is 0 Å². The lowest BCUT2D eigenvalue weighted by molar-refractivity contribution is -0.120. The van der Waals surface area contributed by atoms with E-state index in [0.29, 0.717) is 25.6 Å². The number of carbonyl (C=O) groups is 1. The molecule has 6 nitrogen and oxygen atoms in total. The third-order valence-electron chi connectivity index (χ3n) is 4.05. The number of thiophene rings is 1. The molecule has 2 aromatic rings. The molecule has 0 saturated carbocycles. The normalized spacial score (nSPS) is 13.2. The van der Waals surface area contributed by atoms with Crippen molar-refractivity contribution in [1.82, 2.24) is 16.0 Å². The SMILES string of the molecule is CCNC(=NCC(C)(O)c1ccsc1)NCCNC(=O)Cc1ccc(F)cc1.I. The van der Waals surface area contributed by atoms with Gasteiger partial charge in [-0.1, -0.05) is 12.1 Å². The number of halogens is 2. The third-order valence-corrected chi connectivity index (χ3v) is 4.73. The fourth-order valence-corrected chi connectivity index (χ4v) is 3.25. The van der Waals surface area contributed by atoms with E-state index < -0.39 is 5.60 Å². The third kappa shape index (κ3) is 9.09. The van der Waals surface area contributed by atoms with Crippen molar-refractivity contribution in [3.05, 3.63) is 58.0 Å². The molecule has 0 aliphatic carbocycles. The van der Waals surface area contributed by atoms with E-state index in [2.05, 4.69) is 20.9 Å². The number of aliphatic hydroxyl groups is 1. The number of rotatable bonds is 9. The fourth-order valence-electron chi connectivity index (χ4n) is 2.47. The molecule has 0 bridgehead atoms. The van der Waals surface area contributed by atoms with Crippen LogP contribution in [0.3, 0.4) is 0 Å². The van der Waals surface area contributed by atoms with E-state index in [4.69, 9.17) is 0 Å².